The molecule has 3 aromatic rings. The summed E-state index contributed by atoms with van der Waals surface area (Å²) in [5.41, 5.74) is 2.02. The quantitative estimate of drug-likeness (QED) is 0.656. The number of nitrogens with one attached hydrogen (secondary N) is 1. The van der Waals surface area contributed by atoms with Crippen molar-refractivity contribution in [1.82, 2.24) is 14.9 Å². The molecule has 0 aliphatic heterocycles. The van der Waals surface area contributed by atoms with Crippen molar-refractivity contribution in [3.8, 4) is 0 Å². The number of esters is 1. The van der Waals surface area contributed by atoms with Gasteiger partial charge in [0.25, 0.3) is 5.91 Å². The molecule has 1 aromatic heterocycles. The van der Waals surface area contributed by atoms with E-state index in [1.165, 1.54) is 0 Å². The Balaban J connectivity index is 1.90. The normalized spacial score (nSPS) is 12.0. The minimum Gasteiger partial charge on any atom is -0.465 e. The van der Waals surface area contributed by atoms with E-state index in [4.69, 9.17) is 16.3 Å². The Bertz CT molecular complexity index is 984. The van der Waals surface area contributed by atoms with Crippen molar-refractivity contribution in [3.63, 3.8) is 0 Å². The van der Waals surface area contributed by atoms with Gasteiger partial charge in [0, 0.05) is 10.6 Å². The molecule has 0 radical (unpaired) electrons. The minimum atomic E-state index is -0.418. The smallest absolute Gasteiger partial charge is 0.326 e. The predicted octanol–water partition coefficient (Wildman–Crippen LogP) is 3.74. The van der Waals surface area contributed by atoms with Gasteiger partial charge in [-0.05, 0) is 44.2 Å². The second-order valence-electron chi connectivity index (χ2n) is 6.06. The minimum absolute atomic E-state index is 0.0288. The number of halogens is 1. The molecule has 0 fully saturated rings. The fraction of sp³-hybridized carbons (Fsp3) is 0.250. The van der Waals surface area contributed by atoms with Gasteiger partial charge in [-0.2, -0.15) is 0 Å². The first kappa shape index (κ1) is 18.9. The van der Waals surface area contributed by atoms with Crippen molar-refractivity contribution in [2.24, 2.45) is 0 Å². The number of fused-ring (bicyclic) bond motifs is 1. The molecule has 1 atom stereocenters. The lowest BCUT2D eigenvalue weighted by Gasteiger charge is -2.16. The average Bonchev–Trinajstić information content (AvgIpc) is 3.00. The molecule has 2 aromatic carbocycles. The van der Waals surface area contributed by atoms with Crippen LogP contribution in [0.1, 0.15) is 36.1 Å². The van der Waals surface area contributed by atoms with Gasteiger partial charge in [-0.15, -0.1) is 0 Å². The molecule has 0 aliphatic carbocycles. The van der Waals surface area contributed by atoms with E-state index in [-0.39, 0.29) is 18.4 Å². The summed E-state index contributed by atoms with van der Waals surface area (Å²) in [5.74, 6) is -0.0327. The Labute approximate surface area is 162 Å². The number of hydrogen-bond donors (Lipinski definition) is 1. The zero-order valence-electron chi connectivity index (χ0n) is 15.1. The van der Waals surface area contributed by atoms with Crippen LogP contribution in [0.4, 0.5) is 0 Å². The molecule has 0 aliphatic rings. The fourth-order valence-corrected chi connectivity index (χ4v) is 3.09. The van der Waals surface area contributed by atoms with Crippen LogP contribution in [-0.2, 0) is 16.1 Å². The topological polar surface area (TPSA) is 73.2 Å². The fourth-order valence-electron chi connectivity index (χ4n) is 2.90. The summed E-state index contributed by atoms with van der Waals surface area (Å²) in [6, 6.07) is 13.8. The highest BCUT2D eigenvalue weighted by atomic mass is 35.5. The van der Waals surface area contributed by atoms with Crippen molar-refractivity contribution in [2.45, 2.75) is 26.4 Å². The van der Waals surface area contributed by atoms with Crippen LogP contribution in [-0.4, -0.2) is 28.0 Å². The lowest BCUT2D eigenvalue weighted by Crippen LogP contribution is -2.29. The number of benzene rings is 2. The SMILES string of the molecule is CCOC(=O)Cn1c(C(C)NC(=O)c2cccc(Cl)c2)nc2ccccc21. The van der Waals surface area contributed by atoms with Crippen molar-refractivity contribution in [3.05, 3.63) is 64.9 Å². The molecule has 6 nitrogen and oxygen atoms in total. The third-order valence-electron chi connectivity index (χ3n) is 4.10. The summed E-state index contributed by atoms with van der Waals surface area (Å²) in [7, 11) is 0. The monoisotopic (exact) mass is 385 g/mol. The number of para-hydroxylation sites is 2. The standard InChI is InChI=1S/C20H20ClN3O3/c1-3-27-18(25)12-24-17-10-5-4-9-16(17)23-19(24)13(2)22-20(26)14-7-6-8-15(21)11-14/h4-11,13H,3,12H2,1-2H3,(H,22,26). The summed E-state index contributed by atoms with van der Waals surface area (Å²) in [4.78, 5) is 29.2. The third-order valence-corrected chi connectivity index (χ3v) is 4.33. The van der Waals surface area contributed by atoms with Crippen LogP contribution in [0.5, 0.6) is 0 Å². The highest BCUT2D eigenvalue weighted by Gasteiger charge is 2.21. The van der Waals surface area contributed by atoms with Crippen LogP contribution in [0.25, 0.3) is 11.0 Å². The van der Waals surface area contributed by atoms with E-state index in [2.05, 4.69) is 10.3 Å². The van der Waals surface area contributed by atoms with Crippen molar-refractivity contribution in [2.75, 3.05) is 6.61 Å². The molecular formula is C20H20ClN3O3. The van der Waals surface area contributed by atoms with Gasteiger partial charge in [0.05, 0.1) is 23.7 Å². The zero-order chi connectivity index (χ0) is 19.4. The van der Waals surface area contributed by atoms with Gasteiger partial charge >= 0.3 is 5.97 Å². The molecule has 1 unspecified atom stereocenters. The first-order valence-electron chi connectivity index (χ1n) is 8.66. The van der Waals surface area contributed by atoms with Crippen LogP contribution >= 0.6 is 11.6 Å². The Kier molecular flexibility index (Phi) is 5.76. The Morgan fingerprint density at radius 1 is 1.22 bits per heavy atom. The first-order valence-corrected chi connectivity index (χ1v) is 9.04. The Morgan fingerprint density at radius 3 is 2.74 bits per heavy atom. The van der Waals surface area contributed by atoms with E-state index in [1.54, 1.807) is 35.8 Å². The predicted molar refractivity (Wildman–Crippen MR) is 104 cm³/mol. The first-order chi connectivity index (χ1) is 13.0. The molecule has 0 saturated heterocycles. The van der Waals surface area contributed by atoms with Crippen molar-refractivity contribution in [1.29, 1.82) is 0 Å². The van der Waals surface area contributed by atoms with Gasteiger partial charge in [-0.1, -0.05) is 29.8 Å². The van der Waals surface area contributed by atoms with Crippen LogP contribution in [0.3, 0.4) is 0 Å². The van der Waals surface area contributed by atoms with Crippen molar-refractivity contribution >= 4 is 34.5 Å². The number of carbonyl (C=O) groups is 2. The average molecular weight is 386 g/mol. The van der Waals surface area contributed by atoms with E-state index in [0.717, 1.165) is 11.0 Å². The van der Waals surface area contributed by atoms with Crippen LogP contribution in [0, 0.1) is 0 Å². The van der Waals surface area contributed by atoms with Crippen LogP contribution < -0.4 is 5.32 Å². The lowest BCUT2D eigenvalue weighted by molar-refractivity contribution is -0.143. The molecule has 0 bridgehead atoms. The number of ether oxygens (including phenoxy) is 1. The van der Waals surface area contributed by atoms with Gasteiger partial charge in [0.15, 0.2) is 0 Å². The number of hydrogen-bond acceptors (Lipinski definition) is 4. The van der Waals surface area contributed by atoms with Gasteiger partial charge in [0.2, 0.25) is 0 Å². The van der Waals surface area contributed by atoms with Crippen molar-refractivity contribution < 1.29 is 14.3 Å². The van der Waals surface area contributed by atoms with Gasteiger partial charge in [-0.3, -0.25) is 9.59 Å². The van der Waals surface area contributed by atoms with Gasteiger partial charge < -0.3 is 14.6 Å². The van der Waals surface area contributed by atoms with E-state index in [0.29, 0.717) is 23.0 Å². The summed E-state index contributed by atoms with van der Waals surface area (Å²) in [6.07, 6.45) is 0. The summed E-state index contributed by atoms with van der Waals surface area (Å²) < 4.78 is 6.85. The summed E-state index contributed by atoms with van der Waals surface area (Å²) >= 11 is 5.96. The van der Waals surface area contributed by atoms with E-state index < -0.39 is 6.04 Å². The van der Waals surface area contributed by atoms with E-state index >= 15 is 0 Å². The molecule has 1 N–H and O–H groups in total. The second-order valence-corrected chi connectivity index (χ2v) is 6.49. The maximum atomic E-state index is 12.5. The number of carbonyl (C=O) groups excluding carboxylic acids is 2. The van der Waals surface area contributed by atoms with E-state index in [1.807, 2.05) is 31.2 Å². The van der Waals surface area contributed by atoms with E-state index in [9.17, 15) is 9.59 Å². The van der Waals surface area contributed by atoms with Crippen LogP contribution in [0.15, 0.2) is 48.5 Å². The zero-order valence-corrected chi connectivity index (χ0v) is 15.9. The molecule has 7 heteroatoms. The molecule has 3 rings (SSSR count). The Hall–Kier alpha value is -2.86. The second kappa shape index (κ2) is 8.22. The van der Waals surface area contributed by atoms with Gasteiger partial charge in [-0.25, -0.2) is 4.98 Å². The molecule has 1 amide bonds. The number of amides is 1. The summed E-state index contributed by atoms with van der Waals surface area (Å²) in [5, 5.41) is 3.40. The summed E-state index contributed by atoms with van der Waals surface area (Å²) in [6.45, 7) is 3.92. The maximum absolute atomic E-state index is 12.5. The van der Waals surface area contributed by atoms with Crippen LogP contribution in [0.2, 0.25) is 5.02 Å². The largest absolute Gasteiger partial charge is 0.465 e. The lowest BCUT2D eigenvalue weighted by atomic mass is 10.2. The highest BCUT2D eigenvalue weighted by Crippen LogP contribution is 2.21. The molecule has 0 saturated carbocycles. The van der Waals surface area contributed by atoms with Gasteiger partial charge in [0.1, 0.15) is 12.4 Å². The highest BCUT2D eigenvalue weighted by molar-refractivity contribution is 6.30. The molecule has 140 valence electrons. The number of aromatic nitrogens is 2. The molecular weight excluding hydrogens is 366 g/mol. The maximum Gasteiger partial charge on any atom is 0.326 e. The molecule has 0 spiro atoms. The third kappa shape index (κ3) is 4.28. The Morgan fingerprint density at radius 2 is 2.00 bits per heavy atom. The number of imidazole rings is 1. The number of nitrogens with zero attached hydrogens (tertiary/aromatic N) is 2. The molecule has 27 heavy (non-hydrogen) atoms. The number of rotatable bonds is 6. The molecule has 1 heterocycles.